The largest absolute Gasteiger partial charge is 0.215 e. The Balaban J connectivity index is 1.79. The van der Waals surface area contributed by atoms with E-state index < -0.39 is 31.7 Å². The van der Waals surface area contributed by atoms with Crippen LogP contribution in [0.1, 0.15) is 11.1 Å². The summed E-state index contributed by atoms with van der Waals surface area (Å²) in [4.78, 5) is 0. The molecule has 2 N–H and O–H groups in total. The molecule has 2 rings (SSSR count). The van der Waals surface area contributed by atoms with Gasteiger partial charge >= 0.3 is 0 Å². The minimum Gasteiger partial charge on any atom is -0.214 e. The second kappa shape index (κ2) is 8.67. The first-order valence-electron chi connectivity index (χ1n) is 7.59. The van der Waals surface area contributed by atoms with Gasteiger partial charge in [0.1, 0.15) is 11.6 Å². The molecule has 0 saturated carbocycles. The van der Waals surface area contributed by atoms with E-state index in [1.165, 1.54) is 24.3 Å². The van der Waals surface area contributed by atoms with Crippen molar-refractivity contribution in [3.8, 4) is 0 Å². The zero-order valence-electron chi connectivity index (χ0n) is 13.7. The van der Waals surface area contributed by atoms with Gasteiger partial charge in [0.15, 0.2) is 0 Å². The van der Waals surface area contributed by atoms with Crippen LogP contribution in [0.4, 0.5) is 8.78 Å². The van der Waals surface area contributed by atoms with Crippen LogP contribution in [0.5, 0.6) is 0 Å². The lowest BCUT2D eigenvalue weighted by atomic mass is 10.2. The fourth-order valence-electron chi connectivity index (χ4n) is 2.12. The van der Waals surface area contributed by atoms with Crippen molar-refractivity contribution in [1.82, 2.24) is 9.44 Å². The smallest absolute Gasteiger partial charge is 0.214 e. The standard InChI is InChI=1S/C16H18F2N2O4S2/c17-15-5-1-13(2-6-15)11-25(21,22)19-9-10-20-26(23,24)12-14-3-7-16(18)8-4-14/h1-8,19-20H,9-12H2. The number of hydrogen-bond acceptors (Lipinski definition) is 4. The van der Waals surface area contributed by atoms with Crippen molar-refractivity contribution in [2.24, 2.45) is 0 Å². The van der Waals surface area contributed by atoms with Gasteiger partial charge in [-0.2, -0.15) is 0 Å². The molecule has 0 atom stereocenters. The highest BCUT2D eigenvalue weighted by atomic mass is 32.2. The van der Waals surface area contributed by atoms with Crippen LogP contribution in [-0.4, -0.2) is 29.9 Å². The van der Waals surface area contributed by atoms with E-state index >= 15 is 0 Å². The van der Waals surface area contributed by atoms with Crippen molar-refractivity contribution < 1.29 is 25.6 Å². The van der Waals surface area contributed by atoms with Gasteiger partial charge in [-0.15, -0.1) is 0 Å². The first kappa shape index (κ1) is 20.4. The Kier molecular flexibility index (Phi) is 6.81. The molecule has 0 fully saturated rings. The van der Waals surface area contributed by atoms with Crippen molar-refractivity contribution in [2.45, 2.75) is 11.5 Å². The van der Waals surface area contributed by atoms with Crippen LogP contribution < -0.4 is 9.44 Å². The zero-order chi connectivity index (χ0) is 19.2. The summed E-state index contributed by atoms with van der Waals surface area (Å²) in [7, 11) is -7.36. The molecule has 0 heterocycles. The fraction of sp³-hybridized carbons (Fsp3) is 0.250. The van der Waals surface area contributed by atoms with Crippen LogP contribution in [0.2, 0.25) is 0 Å². The lowest BCUT2D eigenvalue weighted by Crippen LogP contribution is -2.35. The highest BCUT2D eigenvalue weighted by Gasteiger charge is 2.14. The average Bonchev–Trinajstić information content (AvgIpc) is 2.56. The summed E-state index contributed by atoms with van der Waals surface area (Å²) in [6.07, 6.45) is 0. The van der Waals surface area contributed by atoms with Gasteiger partial charge in [0, 0.05) is 13.1 Å². The Morgan fingerprint density at radius 1 is 0.615 bits per heavy atom. The molecule has 0 aliphatic heterocycles. The number of rotatable bonds is 9. The lowest BCUT2D eigenvalue weighted by Gasteiger charge is -2.09. The molecule has 0 saturated heterocycles. The first-order valence-corrected chi connectivity index (χ1v) is 10.9. The second-order valence-electron chi connectivity index (χ2n) is 5.56. The molecule has 6 nitrogen and oxygen atoms in total. The molecule has 0 unspecified atom stereocenters. The molecule has 10 heteroatoms. The van der Waals surface area contributed by atoms with E-state index in [-0.39, 0.29) is 24.6 Å². The summed E-state index contributed by atoms with van der Waals surface area (Å²) in [5.74, 6) is -1.60. The molecule has 0 aliphatic rings. The third-order valence-electron chi connectivity index (χ3n) is 3.31. The third-order valence-corrected chi connectivity index (χ3v) is 6.02. The molecule has 0 aromatic heterocycles. The van der Waals surface area contributed by atoms with Gasteiger partial charge < -0.3 is 0 Å². The molecule has 0 amide bonds. The molecule has 0 spiro atoms. The van der Waals surface area contributed by atoms with Crippen LogP contribution >= 0.6 is 0 Å². The summed E-state index contributed by atoms with van der Waals surface area (Å²) in [5.41, 5.74) is 0.826. The number of nitrogens with one attached hydrogen (secondary N) is 2. The molecule has 0 aliphatic carbocycles. The van der Waals surface area contributed by atoms with E-state index in [0.29, 0.717) is 11.1 Å². The normalized spacial score (nSPS) is 12.2. The Hall–Kier alpha value is -1.88. The van der Waals surface area contributed by atoms with Crippen molar-refractivity contribution in [3.63, 3.8) is 0 Å². The maximum absolute atomic E-state index is 12.8. The molecule has 0 radical (unpaired) electrons. The lowest BCUT2D eigenvalue weighted by molar-refractivity contribution is 0.569. The summed E-state index contributed by atoms with van der Waals surface area (Å²) in [6.45, 7) is -0.266. The Labute approximate surface area is 151 Å². The number of sulfonamides is 2. The van der Waals surface area contributed by atoms with E-state index in [9.17, 15) is 25.6 Å². The molecular weight excluding hydrogens is 386 g/mol. The van der Waals surface area contributed by atoms with Crippen molar-refractivity contribution in [2.75, 3.05) is 13.1 Å². The molecule has 142 valence electrons. The fourth-order valence-corrected chi connectivity index (χ4v) is 4.41. The van der Waals surface area contributed by atoms with E-state index in [0.717, 1.165) is 24.3 Å². The van der Waals surface area contributed by atoms with E-state index in [2.05, 4.69) is 9.44 Å². The molecule has 2 aromatic carbocycles. The Bertz CT molecular complexity index is 850. The van der Waals surface area contributed by atoms with Gasteiger partial charge in [-0.05, 0) is 35.4 Å². The maximum Gasteiger partial charge on any atom is 0.215 e. The quantitative estimate of drug-likeness (QED) is 0.620. The van der Waals surface area contributed by atoms with E-state index in [1.54, 1.807) is 0 Å². The van der Waals surface area contributed by atoms with Gasteiger partial charge in [0.05, 0.1) is 11.5 Å². The molecular formula is C16H18F2N2O4S2. The highest BCUT2D eigenvalue weighted by molar-refractivity contribution is 7.89. The van der Waals surface area contributed by atoms with E-state index in [4.69, 9.17) is 0 Å². The Morgan fingerprint density at radius 2 is 0.923 bits per heavy atom. The van der Waals surface area contributed by atoms with Crippen molar-refractivity contribution >= 4 is 20.0 Å². The molecule has 26 heavy (non-hydrogen) atoms. The van der Waals surface area contributed by atoms with Crippen LogP contribution in [0.3, 0.4) is 0 Å². The van der Waals surface area contributed by atoms with Crippen molar-refractivity contribution in [3.05, 3.63) is 71.3 Å². The highest BCUT2D eigenvalue weighted by Crippen LogP contribution is 2.07. The average molecular weight is 404 g/mol. The molecule has 0 bridgehead atoms. The van der Waals surface area contributed by atoms with Crippen LogP contribution in [0.15, 0.2) is 48.5 Å². The number of benzene rings is 2. The van der Waals surface area contributed by atoms with Gasteiger partial charge in [-0.3, -0.25) is 0 Å². The van der Waals surface area contributed by atoms with Crippen LogP contribution in [0.25, 0.3) is 0 Å². The monoisotopic (exact) mass is 404 g/mol. The summed E-state index contributed by atoms with van der Waals surface area (Å²) >= 11 is 0. The van der Waals surface area contributed by atoms with Crippen LogP contribution in [-0.2, 0) is 31.6 Å². The minimum atomic E-state index is -3.68. The summed E-state index contributed by atoms with van der Waals surface area (Å²) in [5, 5.41) is 0. The van der Waals surface area contributed by atoms with Crippen LogP contribution in [0, 0.1) is 11.6 Å². The van der Waals surface area contributed by atoms with Gasteiger partial charge in [-0.1, -0.05) is 24.3 Å². The second-order valence-corrected chi connectivity index (χ2v) is 9.17. The Morgan fingerprint density at radius 3 is 1.23 bits per heavy atom. The first-order chi connectivity index (χ1) is 12.2. The SMILES string of the molecule is O=S(=O)(Cc1ccc(F)cc1)NCCNS(=O)(=O)Cc1ccc(F)cc1. The van der Waals surface area contributed by atoms with Gasteiger partial charge in [0.25, 0.3) is 0 Å². The predicted octanol–water partition coefficient (Wildman–Crippen LogP) is 1.50. The zero-order valence-corrected chi connectivity index (χ0v) is 15.3. The van der Waals surface area contributed by atoms with E-state index in [1.807, 2.05) is 0 Å². The number of hydrogen-bond donors (Lipinski definition) is 2. The molecule has 2 aromatic rings. The van der Waals surface area contributed by atoms with Gasteiger partial charge in [-0.25, -0.2) is 35.1 Å². The predicted molar refractivity (Wildman–Crippen MR) is 94.1 cm³/mol. The topological polar surface area (TPSA) is 92.3 Å². The summed E-state index contributed by atoms with van der Waals surface area (Å²) < 4.78 is 77.8. The third kappa shape index (κ3) is 7.16. The van der Waals surface area contributed by atoms with Gasteiger partial charge in [0.2, 0.25) is 20.0 Å². The van der Waals surface area contributed by atoms with Crippen molar-refractivity contribution in [1.29, 1.82) is 0 Å². The minimum absolute atomic E-state index is 0.133. The number of halogens is 2. The summed E-state index contributed by atoms with van der Waals surface area (Å²) in [6, 6.07) is 10.1. The maximum atomic E-state index is 12.8.